The molecule has 30 heavy (non-hydrogen) atoms. The summed E-state index contributed by atoms with van der Waals surface area (Å²) in [5.41, 5.74) is 5.26. The molecule has 6 nitrogen and oxygen atoms in total. The van der Waals surface area contributed by atoms with Crippen molar-refractivity contribution in [3.8, 4) is 0 Å². The molecule has 0 saturated heterocycles. The van der Waals surface area contributed by atoms with E-state index in [2.05, 4.69) is 24.5 Å². The molecule has 0 aliphatic carbocycles. The fourth-order valence-electron chi connectivity index (χ4n) is 3.46. The van der Waals surface area contributed by atoms with Gasteiger partial charge in [-0.3, -0.25) is 9.59 Å². The number of amides is 2. The Hall–Kier alpha value is -1.14. The van der Waals surface area contributed by atoms with Gasteiger partial charge in [0, 0.05) is 31.7 Å². The van der Waals surface area contributed by atoms with Crippen LogP contribution in [0.15, 0.2) is 0 Å². The summed E-state index contributed by atoms with van der Waals surface area (Å²) in [7, 11) is 0. The molecule has 0 rings (SSSR count). The second-order valence-electron chi connectivity index (χ2n) is 9.67. The minimum Gasteiger partial charge on any atom is -0.375 e. The molecule has 0 fully saturated rings. The summed E-state index contributed by atoms with van der Waals surface area (Å²) < 4.78 is 5.97. The van der Waals surface area contributed by atoms with Gasteiger partial charge in [-0.1, -0.05) is 52.4 Å². The Kier molecular flexibility index (Phi) is 15.9. The van der Waals surface area contributed by atoms with E-state index in [1.807, 2.05) is 20.8 Å². The second kappa shape index (κ2) is 16.5. The minimum absolute atomic E-state index is 0.112. The fourth-order valence-corrected chi connectivity index (χ4v) is 3.46. The maximum absolute atomic E-state index is 12.4. The van der Waals surface area contributed by atoms with Crippen LogP contribution in [0.3, 0.4) is 0 Å². The average molecular weight is 428 g/mol. The second-order valence-corrected chi connectivity index (χ2v) is 9.67. The average Bonchev–Trinajstić information content (AvgIpc) is 2.69. The first-order valence-corrected chi connectivity index (χ1v) is 12.0. The summed E-state index contributed by atoms with van der Waals surface area (Å²) in [6.07, 6.45) is 12.4. The van der Waals surface area contributed by atoms with Crippen LogP contribution >= 0.6 is 0 Å². The number of hydrogen-bond donors (Lipinski definition) is 3. The Labute approximate surface area is 185 Å². The van der Waals surface area contributed by atoms with Crippen molar-refractivity contribution >= 4 is 12.3 Å². The van der Waals surface area contributed by atoms with Crippen LogP contribution in [0, 0.1) is 5.92 Å². The largest absolute Gasteiger partial charge is 0.375 e. The molecule has 4 N–H and O–H groups in total. The first kappa shape index (κ1) is 28.9. The zero-order chi connectivity index (χ0) is 22.9. The zero-order valence-corrected chi connectivity index (χ0v) is 20.4. The van der Waals surface area contributed by atoms with Gasteiger partial charge >= 0.3 is 0 Å². The summed E-state index contributed by atoms with van der Waals surface area (Å²) >= 11 is 0. The predicted molar refractivity (Wildman–Crippen MR) is 125 cm³/mol. The van der Waals surface area contributed by atoms with Crippen molar-refractivity contribution in [1.82, 2.24) is 10.6 Å². The monoisotopic (exact) mass is 427 g/mol. The molecule has 0 saturated carbocycles. The lowest BCUT2D eigenvalue weighted by Crippen LogP contribution is -2.47. The van der Waals surface area contributed by atoms with Crippen LogP contribution in [0.1, 0.15) is 105 Å². The van der Waals surface area contributed by atoms with Crippen molar-refractivity contribution in [3.63, 3.8) is 0 Å². The van der Waals surface area contributed by atoms with E-state index in [9.17, 15) is 9.59 Å². The lowest BCUT2D eigenvalue weighted by Gasteiger charge is -2.29. The van der Waals surface area contributed by atoms with Gasteiger partial charge < -0.3 is 21.1 Å². The van der Waals surface area contributed by atoms with Crippen LogP contribution in [-0.2, 0) is 14.3 Å². The van der Waals surface area contributed by atoms with Gasteiger partial charge in [0.25, 0.3) is 0 Å². The predicted octanol–water partition coefficient (Wildman–Crippen LogP) is 4.31. The van der Waals surface area contributed by atoms with Crippen LogP contribution in [-0.4, -0.2) is 43.2 Å². The van der Waals surface area contributed by atoms with Crippen molar-refractivity contribution < 1.29 is 14.3 Å². The summed E-state index contributed by atoms with van der Waals surface area (Å²) in [5.74, 6) is 0.706. The summed E-state index contributed by atoms with van der Waals surface area (Å²) in [6, 6.07) is 0. The van der Waals surface area contributed by atoms with Crippen LogP contribution in [0.2, 0.25) is 0 Å². The highest BCUT2D eigenvalue weighted by Gasteiger charge is 2.23. The maximum Gasteiger partial charge on any atom is 0.220 e. The molecule has 0 spiro atoms. The molecule has 178 valence electrons. The Bertz CT molecular complexity index is 453. The number of rotatable bonds is 20. The number of nitrogens with two attached hydrogens (primary N) is 1. The van der Waals surface area contributed by atoms with Crippen LogP contribution < -0.4 is 16.4 Å². The molecule has 2 amide bonds. The maximum atomic E-state index is 12.4. The summed E-state index contributed by atoms with van der Waals surface area (Å²) in [5, 5.41) is 5.77. The van der Waals surface area contributed by atoms with E-state index in [4.69, 9.17) is 10.5 Å². The molecule has 0 aromatic heterocycles. The van der Waals surface area contributed by atoms with E-state index in [0.717, 1.165) is 6.54 Å². The van der Waals surface area contributed by atoms with Crippen LogP contribution in [0.5, 0.6) is 0 Å². The number of unbranched alkanes of at least 4 members (excludes halogenated alkanes) is 4. The molecule has 0 aromatic carbocycles. The summed E-state index contributed by atoms with van der Waals surface area (Å²) in [6.45, 7) is 12.1. The first-order valence-electron chi connectivity index (χ1n) is 12.0. The molecule has 0 aliphatic heterocycles. The van der Waals surface area contributed by atoms with E-state index in [1.54, 1.807) is 0 Å². The van der Waals surface area contributed by atoms with Gasteiger partial charge in [0.1, 0.15) is 0 Å². The van der Waals surface area contributed by atoms with Gasteiger partial charge in [-0.2, -0.15) is 0 Å². The Balaban J connectivity index is 4.19. The molecular weight excluding hydrogens is 378 g/mol. The molecule has 0 aromatic rings. The third-order valence-electron chi connectivity index (χ3n) is 5.73. The highest BCUT2D eigenvalue weighted by molar-refractivity contribution is 5.75. The molecule has 6 heteroatoms. The third-order valence-corrected chi connectivity index (χ3v) is 5.73. The number of hydrogen-bond acceptors (Lipinski definition) is 4. The van der Waals surface area contributed by atoms with Crippen LogP contribution in [0.25, 0.3) is 0 Å². The van der Waals surface area contributed by atoms with Crippen molar-refractivity contribution in [2.24, 2.45) is 11.7 Å². The minimum atomic E-state index is -0.501. The molecule has 2 unspecified atom stereocenters. The lowest BCUT2D eigenvalue weighted by atomic mass is 9.95. The van der Waals surface area contributed by atoms with Gasteiger partial charge in [-0.15, -0.1) is 0 Å². The van der Waals surface area contributed by atoms with E-state index in [1.165, 1.54) is 51.4 Å². The summed E-state index contributed by atoms with van der Waals surface area (Å²) in [4.78, 5) is 22.8. The Morgan fingerprint density at radius 2 is 1.70 bits per heavy atom. The molecule has 0 bridgehead atoms. The number of carbonyl (C=O) groups excluding carboxylic acids is 2. The van der Waals surface area contributed by atoms with E-state index in [-0.39, 0.29) is 11.5 Å². The molecule has 2 atom stereocenters. The fraction of sp³-hybridized carbons (Fsp3) is 0.917. The number of ether oxygens (including phenoxy) is 1. The first-order chi connectivity index (χ1) is 14.2. The van der Waals surface area contributed by atoms with Crippen molar-refractivity contribution in [2.75, 3.05) is 19.7 Å². The Morgan fingerprint density at radius 1 is 1.03 bits per heavy atom. The van der Waals surface area contributed by atoms with E-state index in [0.29, 0.717) is 44.7 Å². The molecular formula is C24H49N3O3. The lowest BCUT2D eigenvalue weighted by molar-refractivity contribution is -0.123. The van der Waals surface area contributed by atoms with Gasteiger partial charge in [-0.05, 0) is 52.4 Å². The van der Waals surface area contributed by atoms with Gasteiger partial charge in [-0.25, -0.2) is 0 Å². The zero-order valence-electron chi connectivity index (χ0n) is 20.4. The van der Waals surface area contributed by atoms with Crippen LogP contribution in [0.4, 0.5) is 0 Å². The SMILES string of the molecule is CCCCCCC(CCCC)CNC(=O)CCC(C)(C)OCCC(C)(N)CNC=O. The van der Waals surface area contributed by atoms with Crippen molar-refractivity contribution in [1.29, 1.82) is 0 Å². The van der Waals surface area contributed by atoms with E-state index < -0.39 is 5.54 Å². The number of nitrogens with one attached hydrogen (secondary N) is 2. The highest BCUT2D eigenvalue weighted by Crippen LogP contribution is 2.19. The van der Waals surface area contributed by atoms with E-state index >= 15 is 0 Å². The third kappa shape index (κ3) is 16.6. The quantitative estimate of drug-likeness (QED) is 0.199. The topological polar surface area (TPSA) is 93.4 Å². The molecule has 0 heterocycles. The highest BCUT2D eigenvalue weighted by atomic mass is 16.5. The Morgan fingerprint density at radius 3 is 2.33 bits per heavy atom. The molecule has 0 aliphatic rings. The van der Waals surface area contributed by atoms with Crippen molar-refractivity contribution in [2.45, 2.75) is 116 Å². The molecule has 0 radical (unpaired) electrons. The normalized spacial score (nSPS) is 14.7. The standard InChI is InChI=1S/C24H49N3O3/c1-6-8-10-11-13-21(12-9-7-2)18-27-22(29)14-15-23(3,4)30-17-16-24(5,25)19-26-20-28/h20-21H,6-19,25H2,1-5H3,(H,26,28)(H,27,29). The van der Waals surface area contributed by atoms with Crippen molar-refractivity contribution in [3.05, 3.63) is 0 Å². The smallest absolute Gasteiger partial charge is 0.220 e. The van der Waals surface area contributed by atoms with Gasteiger partial charge in [0.15, 0.2) is 0 Å². The van der Waals surface area contributed by atoms with Gasteiger partial charge in [0.05, 0.1) is 5.60 Å². The number of carbonyl (C=O) groups is 2. The van der Waals surface area contributed by atoms with Gasteiger partial charge in [0.2, 0.25) is 12.3 Å².